The Morgan fingerprint density at radius 2 is 1.87 bits per heavy atom. The number of hydrogen-bond donors (Lipinski definition) is 0. The van der Waals surface area contributed by atoms with E-state index in [4.69, 9.17) is 8.92 Å². The van der Waals surface area contributed by atoms with Gasteiger partial charge in [-0.05, 0) is 12.8 Å². The molecule has 5 nitrogen and oxygen atoms in total. The van der Waals surface area contributed by atoms with Crippen molar-refractivity contribution in [1.29, 1.82) is 0 Å². The maximum Gasteiger partial charge on any atom is 0.264 e. The lowest BCUT2D eigenvalue weighted by atomic mass is 10.1. The van der Waals surface area contributed by atoms with E-state index in [2.05, 4.69) is 4.90 Å². The molecule has 0 aliphatic carbocycles. The maximum absolute atomic E-state index is 10.9. The van der Waals surface area contributed by atoms with Crippen LogP contribution in [-0.2, 0) is 19.0 Å². The number of nitrogens with zero attached hydrogens (tertiary/aromatic N) is 1. The first-order valence-electron chi connectivity index (χ1n) is 5.24. The van der Waals surface area contributed by atoms with E-state index in [0.717, 1.165) is 45.4 Å². The van der Waals surface area contributed by atoms with Crippen LogP contribution >= 0.6 is 0 Å². The summed E-state index contributed by atoms with van der Waals surface area (Å²) in [5.74, 6) is 0. The van der Waals surface area contributed by atoms with Crippen molar-refractivity contribution in [3.05, 3.63) is 0 Å². The molecule has 0 spiro atoms. The van der Waals surface area contributed by atoms with E-state index >= 15 is 0 Å². The Bertz CT molecular complexity index is 304. The quantitative estimate of drug-likeness (QED) is 0.635. The highest BCUT2D eigenvalue weighted by atomic mass is 32.2. The predicted octanol–water partition coefficient (Wildman–Crippen LogP) is -0.174. The molecule has 0 radical (unpaired) electrons. The smallest absolute Gasteiger partial charge is 0.264 e. The average Bonchev–Trinajstić information content (AvgIpc) is 2.02. The second kappa shape index (κ2) is 4.37. The monoisotopic (exact) mass is 235 g/mol. The summed E-state index contributed by atoms with van der Waals surface area (Å²) in [7, 11) is -3.30. The molecule has 0 saturated carbocycles. The van der Waals surface area contributed by atoms with Gasteiger partial charge in [-0.25, -0.2) is 0 Å². The summed E-state index contributed by atoms with van der Waals surface area (Å²) >= 11 is 0. The predicted molar refractivity (Wildman–Crippen MR) is 55.1 cm³/mol. The average molecular weight is 235 g/mol. The molecule has 0 atom stereocenters. The fraction of sp³-hybridized carbons (Fsp3) is 1.00. The lowest BCUT2D eigenvalue weighted by Gasteiger charge is -2.40. The maximum atomic E-state index is 10.9. The zero-order chi connectivity index (χ0) is 10.9. The molecule has 0 aromatic carbocycles. The third-order valence-electron chi connectivity index (χ3n) is 2.92. The van der Waals surface area contributed by atoms with Gasteiger partial charge in [-0.2, -0.15) is 8.42 Å². The zero-order valence-corrected chi connectivity index (χ0v) is 9.70. The molecule has 2 fully saturated rings. The molecule has 0 N–H and O–H groups in total. The molecule has 0 unspecified atom stereocenters. The fourth-order valence-corrected chi connectivity index (χ4v) is 2.71. The third-order valence-corrected chi connectivity index (χ3v) is 3.55. The van der Waals surface area contributed by atoms with E-state index in [1.54, 1.807) is 0 Å². The van der Waals surface area contributed by atoms with Crippen LogP contribution in [0, 0.1) is 0 Å². The van der Waals surface area contributed by atoms with Crippen LogP contribution < -0.4 is 0 Å². The van der Waals surface area contributed by atoms with Gasteiger partial charge in [-0.15, -0.1) is 0 Å². The van der Waals surface area contributed by atoms with Gasteiger partial charge in [0.1, 0.15) is 0 Å². The van der Waals surface area contributed by atoms with E-state index < -0.39 is 10.1 Å². The van der Waals surface area contributed by atoms with Gasteiger partial charge in [0.25, 0.3) is 10.1 Å². The van der Waals surface area contributed by atoms with Crippen LogP contribution in [0.5, 0.6) is 0 Å². The van der Waals surface area contributed by atoms with Crippen LogP contribution in [0.1, 0.15) is 12.8 Å². The standard InChI is InChI=1S/C9H17NO4S/c1-15(11,12)14-9-2-4-10(5-3-9)8-6-13-7-8/h8-9H,2-7H2,1H3. The van der Waals surface area contributed by atoms with Crippen LogP contribution in [-0.4, -0.2) is 58.0 Å². The van der Waals surface area contributed by atoms with Gasteiger partial charge >= 0.3 is 0 Å². The number of ether oxygens (including phenoxy) is 1. The summed E-state index contributed by atoms with van der Waals surface area (Å²) < 4.78 is 32.0. The Labute approximate surface area is 90.5 Å². The molecular weight excluding hydrogens is 218 g/mol. The number of piperidine rings is 1. The Balaban J connectivity index is 1.76. The fourth-order valence-electron chi connectivity index (χ4n) is 2.02. The van der Waals surface area contributed by atoms with Crippen LogP contribution in [0.25, 0.3) is 0 Å². The van der Waals surface area contributed by atoms with Crippen molar-refractivity contribution in [2.75, 3.05) is 32.6 Å². The topological polar surface area (TPSA) is 55.8 Å². The van der Waals surface area contributed by atoms with Gasteiger partial charge < -0.3 is 4.74 Å². The molecule has 15 heavy (non-hydrogen) atoms. The summed E-state index contributed by atoms with van der Waals surface area (Å²) in [6.45, 7) is 3.46. The summed E-state index contributed by atoms with van der Waals surface area (Å²) in [5, 5.41) is 0. The molecule has 0 bridgehead atoms. The van der Waals surface area contributed by atoms with E-state index in [1.165, 1.54) is 0 Å². The van der Waals surface area contributed by atoms with Gasteiger partial charge in [0.15, 0.2) is 0 Å². The van der Waals surface area contributed by atoms with Crippen molar-refractivity contribution in [3.63, 3.8) is 0 Å². The zero-order valence-electron chi connectivity index (χ0n) is 8.89. The molecule has 2 saturated heterocycles. The Kier molecular flexibility index (Phi) is 3.30. The molecule has 2 aliphatic rings. The lowest BCUT2D eigenvalue weighted by molar-refractivity contribution is -0.0774. The minimum absolute atomic E-state index is 0.128. The highest BCUT2D eigenvalue weighted by Gasteiger charge is 2.30. The first kappa shape index (κ1) is 11.3. The van der Waals surface area contributed by atoms with Crippen LogP contribution in [0.2, 0.25) is 0 Å². The van der Waals surface area contributed by atoms with Crippen LogP contribution in [0.3, 0.4) is 0 Å². The molecule has 88 valence electrons. The van der Waals surface area contributed by atoms with Crippen LogP contribution in [0.15, 0.2) is 0 Å². The summed E-state index contributed by atoms with van der Waals surface area (Å²) in [4.78, 5) is 2.35. The summed E-state index contributed by atoms with van der Waals surface area (Å²) in [5.41, 5.74) is 0. The highest BCUT2D eigenvalue weighted by molar-refractivity contribution is 7.86. The first-order chi connectivity index (χ1) is 7.04. The number of hydrogen-bond acceptors (Lipinski definition) is 5. The van der Waals surface area contributed by atoms with E-state index in [9.17, 15) is 8.42 Å². The largest absolute Gasteiger partial charge is 0.378 e. The van der Waals surface area contributed by atoms with E-state index in [1.807, 2.05) is 0 Å². The highest BCUT2D eigenvalue weighted by Crippen LogP contribution is 2.20. The van der Waals surface area contributed by atoms with Gasteiger partial charge in [-0.3, -0.25) is 9.08 Å². The lowest BCUT2D eigenvalue weighted by Crippen LogP contribution is -2.52. The van der Waals surface area contributed by atoms with Crippen molar-refractivity contribution < 1.29 is 17.3 Å². The van der Waals surface area contributed by atoms with Gasteiger partial charge in [-0.1, -0.05) is 0 Å². The molecule has 0 amide bonds. The van der Waals surface area contributed by atoms with Gasteiger partial charge in [0.05, 0.1) is 31.6 Å². The minimum Gasteiger partial charge on any atom is -0.378 e. The second-order valence-corrected chi connectivity index (χ2v) is 5.83. The Morgan fingerprint density at radius 1 is 1.27 bits per heavy atom. The molecule has 2 heterocycles. The van der Waals surface area contributed by atoms with Crippen molar-refractivity contribution in [2.45, 2.75) is 25.0 Å². The minimum atomic E-state index is -3.30. The molecular formula is C9H17NO4S. The SMILES string of the molecule is CS(=O)(=O)OC1CCN(C2COC2)CC1. The van der Waals surface area contributed by atoms with Crippen LogP contribution in [0.4, 0.5) is 0 Å². The third kappa shape index (κ3) is 3.14. The summed E-state index contributed by atoms with van der Waals surface area (Å²) in [6.07, 6.45) is 2.57. The molecule has 2 rings (SSSR count). The van der Waals surface area contributed by atoms with Crippen molar-refractivity contribution in [2.24, 2.45) is 0 Å². The normalized spacial score (nSPS) is 26.5. The van der Waals surface area contributed by atoms with E-state index in [-0.39, 0.29) is 6.10 Å². The number of rotatable bonds is 3. The Morgan fingerprint density at radius 3 is 2.27 bits per heavy atom. The van der Waals surface area contributed by atoms with Gasteiger partial charge in [0, 0.05) is 13.1 Å². The molecule has 0 aromatic rings. The van der Waals surface area contributed by atoms with Crippen molar-refractivity contribution in [1.82, 2.24) is 4.90 Å². The molecule has 6 heteroatoms. The Hall–Kier alpha value is -0.170. The number of likely N-dealkylation sites (tertiary alicyclic amines) is 1. The molecule has 2 aliphatic heterocycles. The van der Waals surface area contributed by atoms with Crippen molar-refractivity contribution in [3.8, 4) is 0 Å². The van der Waals surface area contributed by atoms with Crippen molar-refractivity contribution >= 4 is 10.1 Å². The molecule has 0 aromatic heterocycles. The second-order valence-electron chi connectivity index (χ2n) is 4.23. The summed E-state index contributed by atoms with van der Waals surface area (Å²) in [6, 6.07) is 0.546. The van der Waals surface area contributed by atoms with E-state index in [0.29, 0.717) is 6.04 Å². The first-order valence-corrected chi connectivity index (χ1v) is 7.06. The van der Waals surface area contributed by atoms with Gasteiger partial charge in [0.2, 0.25) is 0 Å².